The van der Waals surface area contributed by atoms with Crippen LogP contribution in [0, 0.1) is 0 Å². The van der Waals surface area contributed by atoms with Crippen LogP contribution in [0.25, 0.3) is 0 Å². The fourth-order valence-electron chi connectivity index (χ4n) is 1.44. The van der Waals surface area contributed by atoms with Crippen molar-refractivity contribution in [3.63, 3.8) is 0 Å². The second kappa shape index (κ2) is 4.03. The molecule has 0 aromatic carbocycles. The predicted molar refractivity (Wildman–Crippen MR) is 43.6 cm³/mol. The van der Waals surface area contributed by atoms with Gasteiger partial charge in [0.25, 0.3) is 0 Å². The van der Waals surface area contributed by atoms with Crippen molar-refractivity contribution in [2.45, 2.75) is 51.1 Å². The minimum absolute atomic E-state index is 0.285. The molecule has 1 saturated carbocycles. The van der Waals surface area contributed by atoms with Crippen molar-refractivity contribution in [1.29, 1.82) is 0 Å². The smallest absolute Gasteiger partial charge is 0.376 e. The van der Waals surface area contributed by atoms with Gasteiger partial charge in [-0.2, -0.15) is 8.78 Å². The van der Waals surface area contributed by atoms with Gasteiger partial charge in [0, 0.05) is 6.92 Å². The van der Waals surface area contributed by atoms with E-state index in [1.54, 1.807) is 0 Å². The zero-order valence-electron chi connectivity index (χ0n) is 7.69. The molecule has 4 heteroatoms. The molecule has 13 heavy (non-hydrogen) atoms. The Balaban J connectivity index is 2.35. The van der Waals surface area contributed by atoms with Gasteiger partial charge in [0.1, 0.15) is 6.10 Å². The van der Waals surface area contributed by atoms with Gasteiger partial charge in [-0.05, 0) is 25.7 Å². The number of rotatable bonds is 2. The van der Waals surface area contributed by atoms with Crippen LogP contribution in [0.2, 0.25) is 0 Å². The van der Waals surface area contributed by atoms with Gasteiger partial charge in [0.15, 0.2) is 0 Å². The second-order valence-electron chi connectivity index (χ2n) is 3.55. The molecule has 76 valence electrons. The molecule has 0 bridgehead atoms. The van der Waals surface area contributed by atoms with E-state index in [1.165, 1.54) is 0 Å². The molecule has 0 aromatic heterocycles. The van der Waals surface area contributed by atoms with Gasteiger partial charge in [-0.25, -0.2) is 4.79 Å². The van der Waals surface area contributed by atoms with Crippen LogP contribution in [-0.2, 0) is 9.53 Å². The monoisotopic (exact) mass is 192 g/mol. The van der Waals surface area contributed by atoms with Gasteiger partial charge in [0.2, 0.25) is 0 Å². The quantitative estimate of drug-likeness (QED) is 0.628. The largest absolute Gasteiger partial charge is 0.458 e. The van der Waals surface area contributed by atoms with Crippen molar-refractivity contribution in [3.05, 3.63) is 0 Å². The Labute approximate surface area is 76.3 Å². The van der Waals surface area contributed by atoms with E-state index in [-0.39, 0.29) is 6.10 Å². The molecule has 0 amide bonds. The maximum absolute atomic E-state index is 12.4. The van der Waals surface area contributed by atoms with Crippen molar-refractivity contribution < 1.29 is 18.3 Å². The zero-order valence-corrected chi connectivity index (χ0v) is 7.69. The number of alkyl halides is 2. The fraction of sp³-hybridized carbons (Fsp3) is 0.889. The van der Waals surface area contributed by atoms with Crippen molar-refractivity contribution in [3.8, 4) is 0 Å². The van der Waals surface area contributed by atoms with E-state index in [0.29, 0.717) is 6.92 Å². The van der Waals surface area contributed by atoms with Crippen LogP contribution in [-0.4, -0.2) is 18.0 Å². The van der Waals surface area contributed by atoms with Gasteiger partial charge >= 0.3 is 11.9 Å². The summed E-state index contributed by atoms with van der Waals surface area (Å²) >= 11 is 0. The number of halogens is 2. The maximum Gasteiger partial charge on any atom is 0.376 e. The highest BCUT2D eigenvalue weighted by Crippen LogP contribution is 2.23. The Bertz CT molecular complexity index is 181. The average Bonchev–Trinajstić information content (AvgIpc) is 2.04. The van der Waals surface area contributed by atoms with E-state index >= 15 is 0 Å². The number of esters is 1. The molecular weight excluding hydrogens is 178 g/mol. The molecular formula is C9H14F2O2. The van der Waals surface area contributed by atoms with Gasteiger partial charge in [-0.3, -0.25) is 0 Å². The van der Waals surface area contributed by atoms with Crippen LogP contribution in [0.3, 0.4) is 0 Å². The third-order valence-corrected chi connectivity index (χ3v) is 2.18. The molecule has 1 aliphatic carbocycles. The van der Waals surface area contributed by atoms with E-state index in [9.17, 15) is 13.6 Å². The lowest BCUT2D eigenvalue weighted by Crippen LogP contribution is -2.32. The number of ether oxygens (including phenoxy) is 1. The molecule has 0 heterocycles. The first-order valence-corrected chi connectivity index (χ1v) is 4.59. The average molecular weight is 192 g/mol. The molecule has 0 radical (unpaired) electrons. The fourth-order valence-corrected chi connectivity index (χ4v) is 1.44. The molecule has 0 spiro atoms. The molecule has 2 nitrogen and oxygen atoms in total. The van der Waals surface area contributed by atoms with Crippen molar-refractivity contribution >= 4 is 5.97 Å². The van der Waals surface area contributed by atoms with Crippen molar-refractivity contribution in [2.24, 2.45) is 0 Å². The lowest BCUT2D eigenvalue weighted by molar-refractivity contribution is -0.176. The third-order valence-electron chi connectivity index (χ3n) is 2.18. The summed E-state index contributed by atoms with van der Waals surface area (Å²) in [5.74, 6) is -4.74. The highest BCUT2D eigenvalue weighted by Gasteiger charge is 2.36. The molecule has 0 N–H and O–H groups in total. The first-order valence-electron chi connectivity index (χ1n) is 4.59. The lowest BCUT2D eigenvalue weighted by atomic mass is 9.98. The summed E-state index contributed by atoms with van der Waals surface area (Å²) in [6, 6.07) is 0. The number of hydrogen-bond donors (Lipinski definition) is 0. The Kier molecular flexibility index (Phi) is 3.22. The molecule has 0 saturated heterocycles. The van der Waals surface area contributed by atoms with Crippen LogP contribution < -0.4 is 0 Å². The molecule has 0 unspecified atom stereocenters. The molecule has 0 aliphatic heterocycles. The summed E-state index contributed by atoms with van der Waals surface area (Å²) < 4.78 is 29.5. The van der Waals surface area contributed by atoms with Gasteiger partial charge in [0.05, 0.1) is 0 Å². The van der Waals surface area contributed by atoms with E-state index in [2.05, 4.69) is 4.74 Å². The Hall–Kier alpha value is -0.670. The minimum atomic E-state index is -3.35. The normalized spacial score (nSPS) is 19.9. The summed E-state index contributed by atoms with van der Waals surface area (Å²) in [6.45, 7) is 0.568. The van der Waals surface area contributed by atoms with E-state index < -0.39 is 11.9 Å². The summed E-state index contributed by atoms with van der Waals surface area (Å²) in [7, 11) is 0. The zero-order chi connectivity index (χ0) is 9.90. The second-order valence-corrected chi connectivity index (χ2v) is 3.55. The predicted octanol–water partition coefficient (Wildman–Crippen LogP) is 2.52. The standard InChI is InChI=1S/C9H14F2O2/c1-9(10,11)8(12)13-7-5-3-2-4-6-7/h7H,2-6H2,1H3. The summed E-state index contributed by atoms with van der Waals surface area (Å²) in [5.41, 5.74) is 0. The Morgan fingerprint density at radius 1 is 1.31 bits per heavy atom. The Morgan fingerprint density at radius 3 is 2.31 bits per heavy atom. The van der Waals surface area contributed by atoms with E-state index in [0.717, 1.165) is 32.1 Å². The summed E-state index contributed by atoms with van der Waals surface area (Å²) in [6.07, 6.45) is 4.20. The molecule has 1 fully saturated rings. The molecule has 0 atom stereocenters. The molecule has 0 aromatic rings. The minimum Gasteiger partial charge on any atom is -0.458 e. The van der Waals surface area contributed by atoms with Crippen molar-refractivity contribution in [2.75, 3.05) is 0 Å². The number of carbonyl (C=O) groups is 1. The summed E-state index contributed by atoms with van der Waals surface area (Å²) in [4.78, 5) is 10.8. The maximum atomic E-state index is 12.4. The highest BCUT2D eigenvalue weighted by molar-refractivity contribution is 5.77. The topological polar surface area (TPSA) is 26.3 Å². The van der Waals surface area contributed by atoms with Crippen LogP contribution in [0.15, 0.2) is 0 Å². The van der Waals surface area contributed by atoms with E-state index in [4.69, 9.17) is 0 Å². The summed E-state index contributed by atoms with van der Waals surface area (Å²) in [5, 5.41) is 0. The highest BCUT2D eigenvalue weighted by atomic mass is 19.3. The molecule has 1 aliphatic rings. The number of carbonyl (C=O) groups excluding carboxylic acids is 1. The van der Waals surface area contributed by atoms with E-state index in [1.807, 2.05) is 0 Å². The first kappa shape index (κ1) is 10.4. The SMILES string of the molecule is CC(F)(F)C(=O)OC1CCCCC1. The van der Waals surface area contributed by atoms with Gasteiger partial charge < -0.3 is 4.74 Å². The third kappa shape index (κ3) is 3.28. The van der Waals surface area contributed by atoms with Gasteiger partial charge in [-0.15, -0.1) is 0 Å². The Morgan fingerprint density at radius 2 is 1.85 bits per heavy atom. The van der Waals surface area contributed by atoms with Crippen LogP contribution >= 0.6 is 0 Å². The van der Waals surface area contributed by atoms with Crippen molar-refractivity contribution in [1.82, 2.24) is 0 Å². The number of hydrogen-bond acceptors (Lipinski definition) is 2. The van der Waals surface area contributed by atoms with Crippen LogP contribution in [0.4, 0.5) is 8.78 Å². The van der Waals surface area contributed by atoms with Gasteiger partial charge in [-0.1, -0.05) is 6.42 Å². The molecule has 1 rings (SSSR count). The lowest BCUT2D eigenvalue weighted by Gasteiger charge is -2.23. The van der Waals surface area contributed by atoms with Crippen LogP contribution in [0.1, 0.15) is 39.0 Å². The van der Waals surface area contributed by atoms with Crippen LogP contribution in [0.5, 0.6) is 0 Å². The first-order chi connectivity index (χ1) is 6.00.